The summed E-state index contributed by atoms with van der Waals surface area (Å²) in [4.78, 5) is 0. The van der Waals surface area contributed by atoms with Gasteiger partial charge in [-0.05, 0) is 43.3 Å². The second kappa shape index (κ2) is 7.51. The van der Waals surface area contributed by atoms with E-state index < -0.39 is 0 Å². The van der Waals surface area contributed by atoms with Crippen molar-refractivity contribution in [2.45, 2.75) is 17.3 Å². The van der Waals surface area contributed by atoms with Crippen molar-refractivity contribution in [3.05, 3.63) is 66.1 Å². The van der Waals surface area contributed by atoms with E-state index in [9.17, 15) is 8.78 Å². The first kappa shape index (κ1) is 18.3. The SMILES string of the molecule is C[C@@H](Sc1nnc(-c2ccccc2F)n1C)c1nnc(-c2ccc(F)cc2)o1. The van der Waals surface area contributed by atoms with Crippen LogP contribution in [-0.2, 0) is 7.05 Å². The standard InChI is InChI=1S/C19H15F2N5OS/c1-11(17-23-24-18(27-17)12-7-9-13(20)10-8-12)28-19-25-22-16(26(19)2)14-5-3-4-6-15(14)21/h3-11H,1-2H3/t11-/m1/s1. The summed E-state index contributed by atoms with van der Waals surface area (Å²) in [6.07, 6.45) is 0. The normalized spacial score (nSPS) is 12.3. The van der Waals surface area contributed by atoms with Crippen molar-refractivity contribution in [3.8, 4) is 22.8 Å². The molecule has 6 nitrogen and oxygen atoms in total. The quantitative estimate of drug-likeness (QED) is 0.455. The molecule has 0 aliphatic rings. The summed E-state index contributed by atoms with van der Waals surface area (Å²) >= 11 is 1.37. The zero-order chi connectivity index (χ0) is 19.7. The highest BCUT2D eigenvalue weighted by Crippen LogP contribution is 2.35. The molecule has 1 atom stereocenters. The summed E-state index contributed by atoms with van der Waals surface area (Å²) in [6, 6.07) is 12.2. The summed E-state index contributed by atoms with van der Waals surface area (Å²) in [5, 5.41) is 16.7. The van der Waals surface area contributed by atoms with Gasteiger partial charge >= 0.3 is 0 Å². The molecule has 9 heteroatoms. The monoisotopic (exact) mass is 399 g/mol. The van der Waals surface area contributed by atoms with Gasteiger partial charge in [-0.25, -0.2) is 8.78 Å². The minimum absolute atomic E-state index is 0.210. The molecule has 4 rings (SSSR count). The van der Waals surface area contributed by atoms with Crippen LogP contribution >= 0.6 is 11.8 Å². The van der Waals surface area contributed by atoms with E-state index >= 15 is 0 Å². The lowest BCUT2D eigenvalue weighted by atomic mass is 10.2. The highest BCUT2D eigenvalue weighted by atomic mass is 32.2. The maximum absolute atomic E-state index is 14.0. The van der Waals surface area contributed by atoms with Crippen LogP contribution in [0.4, 0.5) is 8.78 Å². The average molecular weight is 399 g/mol. The van der Waals surface area contributed by atoms with E-state index in [4.69, 9.17) is 4.42 Å². The first-order chi connectivity index (χ1) is 13.5. The predicted octanol–water partition coefficient (Wildman–Crippen LogP) is 4.66. The zero-order valence-corrected chi connectivity index (χ0v) is 15.8. The van der Waals surface area contributed by atoms with Gasteiger partial charge in [0.15, 0.2) is 11.0 Å². The molecular formula is C19H15F2N5OS. The topological polar surface area (TPSA) is 69.6 Å². The number of hydrogen-bond donors (Lipinski definition) is 0. The van der Waals surface area contributed by atoms with Crippen LogP contribution in [0.2, 0.25) is 0 Å². The first-order valence-corrected chi connectivity index (χ1v) is 9.31. The molecule has 142 valence electrons. The van der Waals surface area contributed by atoms with Crippen LogP contribution in [0.3, 0.4) is 0 Å². The molecule has 2 aromatic carbocycles. The highest BCUT2D eigenvalue weighted by molar-refractivity contribution is 7.99. The molecule has 0 aliphatic carbocycles. The van der Waals surface area contributed by atoms with Crippen LogP contribution in [0.15, 0.2) is 58.1 Å². The van der Waals surface area contributed by atoms with Gasteiger partial charge in [-0.1, -0.05) is 23.9 Å². The summed E-state index contributed by atoms with van der Waals surface area (Å²) in [7, 11) is 1.77. The van der Waals surface area contributed by atoms with Crippen molar-refractivity contribution in [2.24, 2.45) is 7.05 Å². The second-order valence-corrected chi connectivity index (χ2v) is 7.37. The Bertz CT molecular complexity index is 1110. The average Bonchev–Trinajstić information content (AvgIpc) is 3.31. The third-order valence-electron chi connectivity index (χ3n) is 4.11. The molecule has 0 N–H and O–H groups in total. The van der Waals surface area contributed by atoms with Gasteiger partial charge < -0.3 is 8.98 Å². The van der Waals surface area contributed by atoms with Gasteiger partial charge in [0.25, 0.3) is 0 Å². The number of rotatable bonds is 5. The molecule has 0 aliphatic heterocycles. The molecule has 0 saturated carbocycles. The minimum Gasteiger partial charge on any atom is -0.419 e. The van der Waals surface area contributed by atoms with E-state index in [1.165, 1.54) is 30.0 Å². The number of thioether (sulfide) groups is 1. The van der Waals surface area contributed by atoms with Crippen molar-refractivity contribution in [3.63, 3.8) is 0 Å². The lowest BCUT2D eigenvalue weighted by Crippen LogP contribution is -1.98. The van der Waals surface area contributed by atoms with Crippen LogP contribution in [0.25, 0.3) is 22.8 Å². The molecule has 0 unspecified atom stereocenters. The Labute approximate surface area is 163 Å². The lowest BCUT2D eigenvalue weighted by molar-refractivity contribution is 0.508. The molecule has 0 amide bonds. The molecular weight excluding hydrogens is 384 g/mol. The number of aromatic nitrogens is 5. The fourth-order valence-corrected chi connectivity index (χ4v) is 3.46. The number of halogens is 2. The van der Waals surface area contributed by atoms with E-state index in [1.54, 1.807) is 41.9 Å². The van der Waals surface area contributed by atoms with E-state index in [0.29, 0.717) is 33.9 Å². The first-order valence-electron chi connectivity index (χ1n) is 8.43. The molecule has 4 aromatic rings. The Balaban J connectivity index is 1.54. The largest absolute Gasteiger partial charge is 0.419 e. The van der Waals surface area contributed by atoms with Gasteiger partial charge in [0.05, 0.1) is 10.8 Å². The second-order valence-electron chi connectivity index (χ2n) is 6.06. The zero-order valence-electron chi connectivity index (χ0n) is 15.0. The summed E-state index contributed by atoms with van der Waals surface area (Å²) < 4.78 is 34.5. The van der Waals surface area contributed by atoms with Crippen molar-refractivity contribution < 1.29 is 13.2 Å². The Morgan fingerprint density at radius 3 is 2.46 bits per heavy atom. The number of benzene rings is 2. The number of nitrogens with zero attached hydrogens (tertiary/aromatic N) is 5. The summed E-state index contributed by atoms with van der Waals surface area (Å²) in [5.41, 5.74) is 1.02. The molecule has 2 aromatic heterocycles. The van der Waals surface area contributed by atoms with E-state index in [2.05, 4.69) is 20.4 Å². The third-order valence-corrected chi connectivity index (χ3v) is 5.23. The van der Waals surface area contributed by atoms with E-state index in [1.807, 2.05) is 6.92 Å². The molecule has 0 radical (unpaired) electrons. The van der Waals surface area contributed by atoms with Crippen LogP contribution in [0.5, 0.6) is 0 Å². The Morgan fingerprint density at radius 1 is 0.964 bits per heavy atom. The third kappa shape index (κ3) is 3.53. The maximum atomic E-state index is 14.0. The molecule has 0 spiro atoms. The highest BCUT2D eigenvalue weighted by Gasteiger charge is 2.21. The molecule has 28 heavy (non-hydrogen) atoms. The van der Waals surface area contributed by atoms with Gasteiger partial charge in [-0.15, -0.1) is 20.4 Å². The minimum atomic E-state index is -0.358. The molecule has 0 bridgehead atoms. The molecule has 0 saturated heterocycles. The van der Waals surface area contributed by atoms with Crippen LogP contribution < -0.4 is 0 Å². The smallest absolute Gasteiger partial charge is 0.247 e. The van der Waals surface area contributed by atoms with E-state index in [0.717, 1.165) is 0 Å². The summed E-state index contributed by atoms with van der Waals surface area (Å²) in [6.45, 7) is 1.89. The van der Waals surface area contributed by atoms with Crippen molar-refractivity contribution >= 4 is 11.8 Å². The fourth-order valence-electron chi connectivity index (χ4n) is 2.61. The van der Waals surface area contributed by atoms with Crippen molar-refractivity contribution in [1.29, 1.82) is 0 Å². The van der Waals surface area contributed by atoms with Gasteiger partial charge in [0.2, 0.25) is 11.8 Å². The van der Waals surface area contributed by atoms with Gasteiger partial charge in [0, 0.05) is 12.6 Å². The van der Waals surface area contributed by atoms with E-state index in [-0.39, 0.29) is 16.9 Å². The Hall–Kier alpha value is -3.07. The number of hydrogen-bond acceptors (Lipinski definition) is 6. The fraction of sp³-hybridized carbons (Fsp3) is 0.158. The summed E-state index contributed by atoms with van der Waals surface area (Å²) in [5.74, 6) is 0.460. The predicted molar refractivity (Wildman–Crippen MR) is 100 cm³/mol. The molecule has 2 heterocycles. The lowest BCUT2D eigenvalue weighted by Gasteiger charge is -2.07. The van der Waals surface area contributed by atoms with Crippen molar-refractivity contribution in [1.82, 2.24) is 25.0 Å². The van der Waals surface area contributed by atoms with Gasteiger partial charge in [-0.2, -0.15) is 0 Å². The van der Waals surface area contributed by atoms with Crippen LogP contribution in [-0.4, -0.2) is 25.0 Å². The van der Waals surface area contributed by atoms with Crippen LogP contribution in [0.1, 0.15) is 18.1 Å². The Kier molecular flexibility index (Phi) is 4.91. The van der Waals surface area contributed by atoms with Crippen LogP contribution in [0, 0.1) is 11.6 Å². The van der Waals surface area contributed by atoms with Gasteiger partial charge in [0.1, 0.15) is 11.6 Å². The Morgan fingerprint density at radius 2 is 1.71 bits per heavy atom. The van der Waals surface area contributed by atoms with Crippen molar-refractivity contribution in [2.75, 3.05) is 0 Å². The van der Waals surface area contributed by atoms with Gasteiger partial charge in [-0.3, -0.25) is 0 Å². The maximum Gasteiger partial charge on any atom is 0.247 e. The molecule has 0 fully saturated rings.